The third-order valence-corrected chi connectivity index (χ3v) is 8.26. The molecule has 1 aliphatic heterocycles. The molecule has 1 unspecified atom stereocenters. The van der Waals surface area contributed by atoms with Crippen LogP contribution in [0, 0.1) is 17.6 Å². The summed E-state index contributed by atoms with van der Waals surface area (Å²) in [6.45, 7) is 3.02. The van der Waals surface area contributed by atoms with Crippen LogP contribution in [0.1, 0.15) is 18.9 Å². The number of hydrogen-bond acceptors (Lipinski definition) is 5. The smallest absolute Gasteiger partial charge is 0.271 e. The standard InChI is InChI=1S/C22H22F2N2O3S2/c1-13-3-4-14-10-19(20(29-2)11-18(14)25-12-13)26-31(27,28)22-8-7-21(30-22)15-5-6-16(23)17(24)9-15/h5-11,13,25-26H,3-4,12H2,1-2H3. The molecule has 5 nitrogen and oxygen atoms in total. The number of fused-ring (bicyclic) bond motifs is 1. The van der Waals surface area contributed by atoms with E-state index in [1.165, 1.54) is 19.2 Å². The van der Waals surface area contributed by atoms with Crippen molar-refractivity contribution in [1.82, 2.24) is 0 Å². The third kappa shape index (κ3) is 4.52. The topological polar surface area (TPSA) is 67.4 Å². The van der Waals surface area contributed by atoms with E-state index in [1.807, 2.05) is 6.07 Å². The molecule has 0 aliphatic carbocycles. The Morgan fingerprint density at radius 2 is 1.94 bits per heavy atom. The van der Waals surface area contributed by atoms with Crippen LogP contribution in [0.2, 0.25) is 0 Å². The molecule has 0 spiro atoms. The summed E-state index contributed by atoms with van der Waals surface area (Å²) in [5.74, 6) is -0.999. The van der Waals surface area contributed by atoms with Crippen molar-refractivity contribution in [2.24, 2.45) is 5.92 Å². The molecule has 1 aromatic heterocycles. The summed E-state index contributed by atoms with van der Waals surface area (Å²) >= 11 is 0.980. The summed E-state index contributed by atoms with van der Waals surface area (Å²) in [4.78, 5) is 0.520. The van der Waals surface area contributed by atoms with E-state index >= 15 is 0 Å². The van der Waals surface area contributed by atoms with Gasteiger partial charge in [-0.2, -0.15) is 0 Å². The van der Waals surface area contributed by atoms with Gasteiger partial charge in [0.05, 0.1) is 12.8 Å². The predicted octanol–water partition coefficient (Wildman–Crippen LogP) is 5.50. The number of methoxy groups -OCH3 is 1. The molecule has 9 heteroatoms. The molecule has 1 aliphatic rings. The Morgan fingerprint density at radius 3 is 2.68 bits per heavy atom. The lowest BCUT2D eigenvalue weighted by molar-refractivity contribution is 0.417. The van der Waals surface area contributed by atoms with Gasteiger partial charge in [0.15, 0.2) is 11.6 Å². The van der Waals surface area contributed by atoms with Crippen LogP contribution in [-0.2, 0) is 16.4 Å². The zero-order chi connectivity index (χ0) is 22.2. The highest BCUT2D eigenvalue weighted by atomic mass is 32.2. The molecular formula is C22H22F2N2O3S2. The normalized spacial score (nSPS) is 16.2. The Kier molecular flexibility index (Phi) is 5.90. The number of sulfonamides is 1. The molecule has 0 bridgehead atoms. The first-order valence-electron chi connectivity index (χ1n) is 9.79. The van der Waals surface area contributed by atoms with Crippen LogP contribution in [0.3, 0.4) is 0 Å². The Bertz CT molecular complexity index is 1230. The third-order valence-electron chi connectivity index (χ3n) is 5.27. The molecule has 0 radical (unpaired) electrons. The lowest BCUT2D eigenvalue weighted by atomic mass is 10.0. The number of rotatable bonds is 5. The Labute approximate surface area is 184 Å². The van der Waals surface area contributed by atoms with Gasteiger partial charge in [0, 0.05) is 23.2 Å². The van der Waals surface area contributed by atoms with E-state index in [-0.39, 0.29) is 4.21 Å². The fraction of sp³-hybridized carbons (Fsp3) is 0.273. The van der Waals surface area contributed by atoms with Gasteiger partial charge >= 0.3 is 0 Å². The monoisotopic (exact) mass is 464 g/mol. The summed E-state index contributed by atoms with van der Waals surface area (Å²) in [5, 5.41) is 3.39. The lowest BCUT2D eigenvalue weighted by Gasteiger charge is -2.16. The van der Waals surface area contributed by atoms with E-state index in [2.05, 4.69) is 17.0 Å². The maximum absolute atomic E-state index is 13.5. The Morgan fingerprint density at radius 1 is 1.13 bits per heavy atom. The largest absolute Gasteiger partial charge is 0.494 e. The highest BCUT2D eigenvalue weighted by Crippen LogP contribution is 2.37. The van der Waals surface area contributed by atoms with Crippen LogP contribution < -0.4 is 14.8 Å². The second-order valence-electron chi connectivity index (χ2n) is 7.59. The van der Waals surface area contributed by atoms with Gasteiger partial charge in [0.2, 0.25) is 0 Å². The van der Waals surface area contributed by atoms with Crippen molar-refractivity contribution in [3.05, 3.63) is 59.7 Å². The molecule has 3 aromatic rings. The first-order chi connectivity index (χ1) is 14.8. The fourth-order valence-corrected chi connectivity index (χ4v) is 5.86. The van der Waals surface area contributed by atoms with Gasteiger partial charge in [-0.3, -0.25) is 4.72 Å². The molecule has 2 aromatic carbocycles. The Hall–Kier alpha value is -2.65. The number of ether oxygens (including phenoxy) is 1. The molecule has 0 saturated carbocycles. The minimum absolute atomic E-state index is 0.0657. The molecule has 0 amide bonds. The van der Waals surface area contributed by atoms with Gasteiger partial charge in [0.25, 0.3) is 10.0 Å². The number of aryl methyl sites for hydroxylation is 1. The molecule has 1 atom stereocenters. The quantitative estimate of drug-likeness (QED) is 0.524. The van der Waals surface area contributed by atoms with E-state index in [0.717, 1.165) is 54.1 Å². The highest BCUT2D eigenvalue weighted by Gasteiger charge is 2.22. The number of hydrogen-bond donors (Lipinski definition) is 2. The van der Waals surface area contributed by atoms with Gasteiger partial charge in [0.1, 0.15) is 9.96 Å². The molecule has 2 N–H and O–H groups in total. The van der Waals surface area contributed by atoms with Crippen molar-refractivity contribution in [1.29, 1.82) is 0 Å². The highest BCUT2D eigenvalue weighted by molar-refractivity contribution is 7.94. The second kappa shape index (κ2) is 8.47. The maximum Gasteiger partial charge on any atom is 0.271 e. The SMILES string of the molecule is COc1cc2c(cc1NS(=O)(=O)c1ccc(-c3ccc(F)c(F)c3)s1)CCC(C)CN2. The first kappa shape index (κ1) is 21.6. The zero-order valence-electron chi connectivity index (χ0n) is 17.0. The molecule has 164 valence electrons. The van der Waals surface area contributed by atoms with Crippen molar-refractivity contribution in [2.75, 3.05) is 23.7 Å². The van der Waals surface area contributed by atoms with E-state index in [9.17, 15) is 17.2 Å². The van der Waals surface area contributed by atoms with Crippen LogP contribution in [0.15, 0.2) is 46.7 Å². The van der Waals surface area contributed by atoms with Crippen molar-refractivity contribution >= 4 is 32.7 Å². The van der Waals surface area contributed by atoms with Gasteiger partial charge in [-0.25, -0.2) is 17.2 Å². The number of nitrogens with one attached hydrogen (secondary N) is 2. The first-order valence-corrected chi connectivity index (χ1v) is 12.1. The molecule has 0 fully saturated rings. The summed E-state index contributed by atoms with van der Waals surface area (Å²) < 4.78 is 60.9. The van der Waals surface area contributed by atoms with Crippen molar-refractivity contribution in [3.8, 4) is 16.2 Å². The molecule has 0 saturated heterocycles. The molecule has 4 rings (SSSR count). The average Bonchev–Trinajstić information content (AvgIpc) is 3.17. The summed E-state index contributed by atoms with van der Waals surface area (Å²) in [5.41, 5.74) is 2.74. The molecule has 2 heterocycles. The van der Waals surface area contributed by atoms with Crippen LogP contribution in [0.4, 0.5) is 20.2 Å². The van der Waals surface area contributed by atoms with Crippen molar-refractivity contribution in [3.63, 3.8) is 0 Å². The number of halogens is 2. The van der Waals surface area contributed by atoms with Crippen LogP contribution in [-0.4, -0.2) is 22.1 Å². The lowest BCUT2D eigenvalue weighted by Crippen LogP contribution is -2.13. The van der Waals surface area contributed by atoms with E-state index < -0.39 is 21.7 Å². The van der Waals surface area contributed by atoms with E-state index in [0.29, 0.717) is 27.8 Å². The van der Waals surface area contributed by atoms with Gasteiger partial charge < -0.3 is 10.1 Å². The summed E-state index contributed by atoms with van der Waals surface area (Å²) in [6.07, 6.45) is 1.84. The number of benzene rings is 2. The van der Waals surface area contributed by atoms with Crippen LogP contribution in [0.25, 0.3) is 10.4 Å². The average molecular weight is 465 g/mol. The summed E-state index contributed by atoms with van der Waals surface area (Å²) in [7, 11) is -2.41. The Balaban J connectivity index is 1.63. The van der Waals surface area contributed by atoms with Crippen molar-refractivity contribution < 1.29 is 21.9 Å². The van der Waals surface area contributed by atoms with Crippen molar-refractivity contribution in [2.45, 2.75) is 24.0 Å². The summed E-state index contributed by atoms with van der Waals surface area (Å²) in [6, 6.07) is 10.1. The van der Waals surface area contributed by atoms with Gasteiger partial charge in [-0.05, 0) is 60.2 Å². The minimum atomic E-state index is -3.90. The predicted molar refractivity (Wildman–Crippen MR) is 119 cm³/mol. The molecule has 31 heavy (non-hydrogen) atoms. The van der Waals surface area contributed by atoms with Crippen LogP contribution in [0.5, 0.6) is 5.75 Å². The fourth-order valence-electron chi connectivity index (χ4n) is 3.50. The van der Waals surface area contributed by atoms with Gasteiger partial charge in [-0.15, -0.1) is 11.3 Å². The van der Waals surface area contributed by atoms with Gasteiger partial charge in [-0.1, -0.05) is 13.0 Å². The maximum atomic E-state index is 13.5. The second-order valence-corrected chi connectivity index (χ2v) is 10.6. The van der Waals surface area contributed by atoms with E-state index in [4.69, 9.17) is 4.74 Å². The molecular weight excluding hydrogens is 442 g/mol. The zero-order valence-corrected chi connectivity index (χ0v) is 18.7. The number of anilines is 2. The minimum Gasteiger partial charge on any atom is -0.494 e. The number of thiophene rings is 1. The van der Waals surface area contributed by atoms with E-state index in [1.54, 1.807) is 12.1 Å². The van der Waals surface area contributed by atoms with Crippen LogP contribution >= 0.6 is 11.3 Å².